The van der Waals surface area contributed by atoms with Gasteiger partial charge in [-0.2, -0.15) is 0 Å². The smallest absolute Gasteiger partial charge is 0.176 e. The first-order chi connectivity index (χ1) is 8.56. The van der Waals surface area contributed by atoms with E-state index >= 15 is 0 Å². The van der Waals surface area contributed by atoms with Crippen LogP contribution in [0.4, 0.5) is 0 Å². The second-order valence-electron chi connectivity index (χ2n) is 4.91. The van der Waals surface area contributed by atoms with E-state index in [1.807, 2.05) is 0 Å². The number of H-pyrrole nitrogens is 2. The van der Waals surface area contributed by atoms with E-state index in [-0.39, 0.29) is 6.10 Å². The Morgan fingerprint density at radius 1 is 1.33 bits per heavy atom. The molecule has 0 unspecified atom stereocenters. The number of aromatic nitrogens is 2. The third-order valence-electron chi connectivity index (χ3n) is 3.35. The highest BCUT2D eigenvalue weighted by Crippen LogP contribution is 2.36. The molecule has 0 spiro atoms. The van der Waals surface area contributed by atoms with Gasteiger partial charge < -0.3 is 14.7 Å². The molecule has 2 N–H and O–H groups in total. The molecule has 0 saturated carbocycles. The van der Waals surface area contributed by atoms with Crippen LogP contribution in [-0.4, -0.2) is 16.1 Å². The molecule has 0 amide bonds. The monoisotopic (exact) mass is 298 g/mol. The van der Waals surface area contributed by atoms with Crippen molar-refractivity contribution in [3.05, 3.63) is 19.9 Å². The van der Waals surface area contributed by atoms with E-state index in [9.17, 15) is 0 Å². The van der Waals surface area contributed by atoms with Crippen LogP contribution in [0.1, 0.15) is 24.3 Å². The molecule has 3 heterocycles. The van der Waals surface area contributed by atoms with Crippen LogP contribution in [-0.2, 0) is 17.8 Å². The number of hydrogen-bond donors (Lipinski definition) is 2. The average molecular weight is 298 g/mol. The quantitative estimate of drug-likeness (QED) is 0.778. The highest BCUT2D eigenvalue weighted by atomic mass is 32.1. The summed E-state index contributed by atoms with van der Waals surface area (Å²) in [6.07, 6.45) is 1.22. The van der Waals surface area contributed by atoms with Gasteiger partial charge in [0.15, 0.2) is 4.77 Å². The van der Waals surface area contributed by atoms with Crippen LogP contribution in [0.15, 0.2) is 0 Å². The predicted molar refractivity (Wildman–Crippen MR) is 79.3 cm³/mol. The van der Waals surface area contributed by atoms with Crippen molar-refractivity contribution in [2.75, 3.05) is 0 Å². The minimum Gasteiger partial charge on any atom is -0.372 e. The van der Waals surface area contributed by atoms with E-state index in [2.05, 4.69) is 23.8 Å². The molecule has 0 bridgehead atoms. The van der Waals surface area contributed by atoms with Gasteiger partial charge in [0, 0.05) is 16.7 Å². The van der Waals surface area contributed by atoms with Gasteiger partial charge in [0.25, 0.3) is 0 Å². The molecule has 18 heavy (non-hydrogen) atoms. The van der Waals surface area contributed by atoms with Crippen molar-refractivity contribution in [1.29, 1.82) is 0 Å². The second kappa shape index (κ2) is 4.52. The maximum Gasteiger partial charge on any atom is 0.176 e. The molecule has 2 aromatic heterocycles. The summed E-state index contributed by atoms with van der Waals surface area (Å²) in [5.41, 5.74) is 1.34. The Morgan fingerprint density at radius 2 is 2.11 bits per heavy atom. The van der Waals surface area contributed by atoms with Gasteiger partial charge in [-0.3, -0.25) is 0 Å². The largest absolute Gasteiger partial charge is 0.372 e. The summed E-state index contributed by atoms with van der Waals surface area (Å²) in [6.45, 7) is 5.07. The fourth-order valence-electron chi connectivity index (χ4n) is 2.34. The van der Waals surface area contributed by atoms with Crippen molar-refractivity contribution in [2.24, 2.45) is 5.92 Å². The fourth-order valence-corrected chi connectivity index (χ4v) is 4.23. The first kappa shape index (κ1) is 12.5. The van der Waals surface area contributed by atoms with Crippen LogP contribution < -0.4 is 0 Å². The molecule has 0 radical (unpaired) electrons. The van der Waals surface area contributed by atoms with Crippen LogP contribution in [0, 0.1) is 15.3 Å². The lowest BCUT2D eigenvalue weighted by atomic mass is 9.96. The standard InChI is InChI=1S/C12H14N2OS3/c1-5(2)7-3-6-8(4-15-7)18-11-9(6)10(16)13-12(17)14-11/h5,7H,3-4H2,1-2H3,(H2,13,14,16,17)/t7-/m1/s1. The lowest BCUT2D eigenvalue weighted by Crippen LogP contribution is -2.26. The highest BCUT2D eigenvalue weighted by molar-refractivity contribution is 7.72. The number of thiophene rings is 1. The SMILES string of the molecule is CC(C)[C@H]1Cc2c(sc3[nH]c(=S)[nH]c(=S)c23)CO1. The third kappa shape index (κ3) is 1.97. The Bertz CT molecular complexity index is 710. The van der Waals surface area contributed by atoms with E-state index in [1.165, 1.54) is 10.4 Å². The van der Waals surface area contributed by atoms with Crippen molar-refractivity contribution in [2.45, 2.75) is 33.0 Å². The predicted octanol–water partition coefficient (Wildman–Crippen LogP) is 4.11. The normalized spacial score (nSPS) is 19.4. The first-order valence-corrected chi connectivity index (χ1v) is 7.58. The van der Waals surface area contributed by atoms with Crippen LogP contribution in [0.25, 0.3) is 10.2 Å². The molecule has 0 fully saturated rings. The molecule has 1 atom stereocenters. The molecule has 0 aliphatic carbocycles. The molecule has 6 heteroatoms. The summed E-state index contributed by atoms with van der Waals surface area (Å²) in [7, 11) is 0. The zero-order valence-electron chi connectivity index (χ0n) is 10.2. The Kier molecular flexibility index (Phi) is 3.13. The van der Waals surface area contributed by atoms with Gasteiger partial charge in [0.1, 0.15) is 9.47 Å². The number of ether oxygens (including phenoxy) is 1. The Hall–Kier alpha value is -0.560. The number of rotatable bonds is 1. The number of nitrogens with one attached hydrogen (secondary N) is 2. The summed E-state index contributed by atoms with van der Waals surface area (Å²) in [5, 5.41) is 1.13. The van der Waals surface area contributed by atoms with Gasteiger partial charge >= 0.3 is 0 Å². The molecule has 3 rings (SSSR count). The molecule has 0 saturated heterocycles. The zero-order chi connectivity index (χ0) is 12.9. The second-order valence-corrected chi connectivity index (χ2v) is 6.84. The van der Waals surface area contributed by atoms with Crippen molar-refractivity contribution < 1.29 is 4.74 Å². The van der Waals surface area contributed by atoms with Crippen molar-refractivity contribution >= 4 is 46.0 Å². The van der Waals surface area contributed by atoms with Crippen molar-refractivity contribution in [3.8, 4) is 0 Å². The maximum atomic E-state index is 5.89. The molecule has 1 aliphatic rings. The van der Waals surface area contributed by atoms with Gasteiger partial charge in [-0.15, -0.1) is 11.3 Å². The van der Waals surface area contributed by atoms with Gasteiger partial charge in [-0.1, -0.05) is 26.1 Å². The number of fused-ring (bicyclic) bond motifs is 3. The van der Waals surface area contributed by atoms with Gasteiger partial charge in [0.05, 0.1) is 12.7 Å². The summed E-state index contributed by atoms with van der Waals surface area (Å²) in [6, 6.07) is 0. The van der Waals surface area contributed by atoms with E-state index in [0.717, 1.165) is 21.3 Å². The molecule has 0 aromatic carbocycles. The summed E-state index contributed by atoms with van der Waals surface area (Å²) >= 11 is 12.2. The topological polar surface area (TPSA) is 40.8 Å². The zero-order valence-corrected chi connectivity index (χ0v) is 12.7. The van der Waals surface area contributed by atoms with Gasteiger partial charge in [0.2, 0.25) is 0 Å². The minimum absolute atomic E-state index is 0.285. The van der Waals surface area contributed by atoms with Gasteiger partial charge in [-0.05, 0) is 23.7 Å². The van der Waals surface area contributed by atoms with E-state index < -0.39 is 0 Å². The van der Waals surface area contributed by atoms with Gasteiger partial charge in [-0.25, -0.2) is 0 Å². The fraction of sp³-hybridized carbons (Fsp3) is 0.500. The Labute approximate surface area is 119 Å². The molecule has 3 nitrogen and oxygen atoms in total. The lowest BCUT2D eigenvalue weighted by Gasteiger charge is -2.26. The van der Waals surface area contributed by atoms with E-state index in [1.54, 1.807) is 11.3 Å². The molecule has 96 valence electrons. The van der Waals surface area contributed by atoms with E-state index in [0.29, 0.717) is 17.3 Å². The number of hydrogen-bond acceptors (Lipinski definition) is 4. The molecule has 2 aromatic rings. The summed E-state index contributed by atoms with van der Waals surface area (Å²) < 4.78 is 7.23. The number of aromatic amines is 2. The van der Waals surface area contributed by atoms with Crippen LogP contribution in [0.3, 0.4) is 0 Å². The van der Waals surface area contributed by atoms with Crippen LogP contribution >= 0.6 is 35.8 Å². The highest BCUT2D eigenvalue weighted by Gasteiger charge is 2.26. The van der Waals surface area contributed by atoms with Crippen molar-refractivity contribution in [3.63, 3.8) is 0 Å². The Balaban J connectivity index is 2.22. The lowest BCUT2D eigenvalue weighted by molar-refractivity contribution is 0.00201. The minimum atomic E-state index is 0.285. The molecular weight excluding hydrogens is 284 g/mol. The van der Waals surface area contributed by atoms with Crippen LogP contribution in [0.2, 0.25) is 0 Å². The van der Waals surface area contributed by atoms with Crippen LogP contribution in [0.5, 0.6) is 0 Å². The average Bonchev–Trinajstić information content (AvgIpc) is 2.65. The first-order valence-electron chi connectivity index (χ1n) is 5.94. The third-order valence-corrected chi connectivity index (χ3v) is 4.98. The summed E-state index contributed by atoms with van der Waals surface area (Å²) in [5.74, 6) is 0.521. The van der Waals surface area contributed by atoms with E-state index in [4.69, 9.17) is 29.2 Å². The Morgan fingerprint density at radius 3 is 2.83 bits per heavy atom. The maximum absolute atomic E-state index is 5.89. The molecular formula is C12H14N2OS3. The van der Waals surface area contributed by atoms with Crippen molar-refractivity contribution in [1.82, 2.24) is 9.97 Å². The molecule has 1 aliphatic heterocycles. The summed E-state index contributed by atoms with van der Waals surface area (Å²) in [4.78, 5) is 8.57.